The Hall–Kier alpha value is -3.56. The van der Waals surface area contributed by atoms with Crippen molar-refractivity contribution < 1.29 is 14.5 Å². The number of non-ortho nitro benzene ring substituents is 1. The number of piperazine rings is 1. The summed E-state index contributed by atoms with van der Waals surface area (Å²) in [5.41, 5.74) is 3.92. The Bertz CT molecular complexity index is 1330. The SMILES string of the molecule is Cc1ccccc1[C@H]1c2ccsc2CCN1[C@H](C)C(=O)N1CCN(C(=O)c2cccc([N+](=O)[O-])c2)CC1. The lowest BCUT2D eigenvalue weighted by Crippen LogP contribution is -2.56. The lowest BCUT2D eigenvalue weighted by atomic mass is 9.89. The van der Waals surface area contributed by atoms with E-state index in [0.29, 0.717) is 31.7 Å². The van der Waals surface area contributed by atoms with Crippen LogP contribution in [0.25, 0.3) is 0 Å². The fourth-order valence-electron chi connectivity index (χ4n) is 5.46. The highest BCUT2D eigenvalue weighted by Gasteiger charge is 2.38. The van der Waals surface area contributed by atoms with Gasteiger partial charge in [0.25, 0.3) is 11.6 Å². The van der Waals surface area contributed by atoms with Gasteiger partial charge in [0.2, 0.25) is 5.91 Å². The van der Waals surface area contributed by atoms with E-state index in [1.807, 2.05) is 17.9 Å². The van der Waals surface area contributed by atoms with Gasteiger partial charge in [-0.2, -0.15) is 0 Å². The van der Waals surface area contributed by atoms with Crippen molar-refractivity contribution in [2.24, 2.45) is 0 Å². The first-order valence-electron chi connectivity index (χ1n) is 12.5. The molecule has 1 fully saturated rings. The molecule has 3 heterocycles. The number of nitro groups is 1. The third kappa shape index (κ3) is 4.89. The summed E-state index contributed by atoms with van der Waals surface area (Å²) in [5, 5.41) is 13.2. The number of thiophene rings is 1. The molecule has 1 aromatic heterocycles. The number of hydrogen-bond donors (Lipinski definition) is 0. The fraction of sp³-hybridized carbons (Fsp3) is 0.357. The number of benzene rings is 2. The highest BCUT2D eigenvalue weighted by atomic mass is 32.1. The van der Waals surface area contributed by atoms with Crippen LogP contribution in [0.2, 0.25) is 0 Å². The summed E-state index contributed by atoms with van der Waals surface area (Å²) in [6, 6.07) is 16.1. The zero-order valence-electron chi connectivity index (χ0n) is 21.0. The van der Waals surface area contributed by atoms with Gasteiger partial charge in [0.1, 0.15) is 0 Å². The van der Waals surface area contributed by atoms with Gasteiger partial charge in [0.15, 0.2) is 0 Å². The molecule has 0 spiro atoms. The summed E-state index contributed by atoms with van der Waals surface area (Å²) in [7, 11) is 0. The van der Waals surface area contributed by atoms with E-state index in [1.54, 1.807) is 22.3 Å². The van der Waals surface area contributed by atoms with Crippen molar-refractivity contribution in [1.82, 2.24) is 14.7 Å². The van der Waals surface area contributed by atoms with Gasteiger partial charge < -0.3 is 9.80 Å². The molecular formula is C28H30N4O4S. The molecule has 0 unspecified atom stereocenters. The van der Waals surface area contributed by atoms with E-state index in [9.17, 15) is 19.7 Å². The van der Waals surface area contributed by atoms with Gasteiger partial charge >= 0.3 is 0 Å². The van der Waals surface area contributed by atoms with Crippen molar-refractivity contribution in [1.29, 1.82) is 0 Å². The lowest BCUT2D eigenvalue weighted by Gasteiger charge is -2.43. The molecule has 2 aromatic carbocycles. The van der Waals surface area contributed by atoms with Gasteiger partial charge in [0, 0.05) is 55.3 Å². The van der Waals surface area contributed by atoms with Crippen molar-refractivity contribution in [3.05, 3.63) is 97.2 Å². The quantitative estimate of drug-likeness (QED) is 0.372. The van der Waals surface area contributed by atoms with Crippen LogP contribution < -0.4 is 0 Å². The molecule has 2 atom stereocenters. The highest BCUT2D eigenvalue weighted by molar-refractivity contribution is 7.10. The van der Waals surface area contributed by atoms with Crippen LogP contribution in [-0.2, 0) is 11.2 Å². The summed E-state index contributed by atoms with van der Waals surface area (Å²) < 4.78 is 0. The zero-order chi connectivity index (χ0) is 26.1. The van der Waals surface area contributed by atoms with E-state index >= 15 is 0 Å². The molecule has 0 saturated carbocycles. The average molecular weight is 519 g/mol. The third-order valence-electron chi connectivity index (χ3n) is 7.52. The van der Waals surface area contributed by atoms with Crippen molar-refractivity contribution in [2.75, 3.05) is 32.7 Å². The summed E-state index contributed by atoms with van der Waals surface area (Å²) in [4.78, 5) is 44.4. The number of amides is 2. The molecule has 2 amide bonds. The highest BCUT2D eigenvalue weighted by Crippen LogP contribution is 2.40. The predicted molar refractivity (Wildman–Crippen MR) is 143 cm³/mol. The molecule has 0 N–H and O–H groups in total. The van der Waals surface area contributed by atoms with Crippen LogP contribution in [0.3, 0.4) is 0 Å². The number of nitrogens with zero attached hydrogens (tertiary/aromatic N) is 4. The fourth-order valence-corrected chi connectivity index (χ4v) is 6.37. The first kappa shape index (κ1) is 25.1. The number of fused-ring (bicyclic) bond motifs is 1. The van der Waals surface area contributed by atoms with E-state index in [1.165, 1.54) is 39.8 Å². The Morgan fingerprint density at radius 1 is 0.973 bits per heavy atom. The number of carbonyl (C=O) groups excluding carboxylic acids is 2. The monoisotopic (exact) mass is 518 g/mol. The Morgan fingerprint density at radius 3 is 2.43 bits per heavy atom. The zero-order valence-corrected chi connectivity index (χ0v) is 21.8. The van der Waals surface area contributed by atoms with Gasteiger partial charge in [-0.15, -0.1) is 11.3 Å². The minimum absolute atomic E-state index is 0.0342. The van der Waals surface area contributed by atoms with Crippen LogP contribution in [0.1, 0.15) is 44.9 Å². The van der Waals surface area contributed by atoms with Gasteiger partial charge in [-0.05, 0) is 54.5 Å². The van der Waals surface area contributed by atoms with E-state index in [0.717, 1.165) is 13.0 Å². The molecule has 3 aromatic rings. The average Bonchev–Trinajstić information content (AvgIpc) is 3.41. The summed E-state index contributed by atoms with van der Waals surface area (Å²) in [6.07, 6.45) is 0.929. The second-order valence-corrected chi connectivity index (χ2v) is 10.6. The Kier molecular flexibility index (Phi) is 7.08. The molecule has 2 aliphatic heterocycles. The van der Waals surface area contributed by atoms with Gasteiger partial charge in [-0.3, -0.25) is 24.6 Å². The second-order valence-electron chi connectivity index (χ2n) is 9.65. The van der Waals surface area contributed by atoms with Gasteiger partial charge in [0.05, 0.1) is 17.0 Å². The summed E-state index contributed by atoms with van der Waals surface area (Å²) >= 11 is 1.79. The van der Waals surface area contributed by atoms with Gasteiger partial charge in [-0.1, -0.05) is 30.3 Å². The Morgan fingerprint density at radius 2 is 1.70 bits per heavy atom. The largest absolute Gasteiger partial charge is 0.338 e. The third-order valence-corrected chi connectivity index (χ3v) is 8.52. The number of aryl methyl sites for hydroxylation is 1. The van der Waals surface area contributed by atoms with Crippen molar-refractivity contribution >= 4 is 28.8 Å². The second kappa shape index (κ2) is 10.4. The van der Waals surface area contributed by atoms with Gasteiger partial charge in [-0.25, -0.2) is 0 Å². The van der Waals surface area contributed by atoms with Crippen molar-refractivity contribution in [3.63, 3.8) is 0 Å². The molecule has 192 valence electrons. The van der Waals surface area contributed by atoms with Crippen LogP contribution in [0.5, 0.6) is 0 Å². The molecule has 9 heteroatoms. The molecule has 1 saturated heterocycles. The smallest absolute Gasteiger partial charge is 0.270 e. The molecule has 37 heavy (non-hydrogen) atoms. The molecular weight excluding hydrogens is 488 g/mol. The van der Waals surface area contributed by atoms with E-state index < -0.39 is 4.92 Å². The predicted octanol–water partition coefficient (Wildman–Crippen LogP) is 4.29. The van der Waals surface area contributed by atoms with Crippen LogP contribution in [0.4, 0.5) is 5.69 Å². The lowest BCUT2D eigenvalue weighted by molar-refractivity contribution is -0.384. The van der Waals surface area contributed by atoms with Crippen LogP contribution in [0, 0.1) is 17.0 Å². The van der Waals surface area contributed by atoms with E-state index in [4.69, 9.17) is 0 Å². The van der Waals surface area contributed by atoms with E-state index in [2.05, 4.69) is 41.5 Å². The first-order chi connectivity index (χ1) is 17.8. The van der Waals surface area contributed by atoms with Crippen LogP contribution >= 0.6 is 11.3 Å². The minimum Gasteiger partial charge on any atom is -0.338 e. The van der Waals surface area contributed by atoms with Crippen LogP contribution in [-0.4, -0.2) is 70.2 Å². The first-order valence-corrected chi connectivity index (χ1v) is 13.4. The van der Waals surface area contributed by atoms with Crippen molar-refractivity contribution in [3.8, 4) is 0 Å². The normalized spacial score (nSPS) is 18.8. The minimum atomic E-state index is -0.501. The standard InChI is InChI=1S/C28H30N4O4S/c1-19-6-3-4-9-23(19)26-24-11-17-37-25(24)10-12-31(26)20(2)27(33)29-13-15-30(16-14-29)28(34)21-7-5-8-22(18-21)32(35)36/h3-9,11,17-18,20,26H,10,12-16H2,1-2H3/t20-,26+/m1/s1. The molecule has 8 nitrogen and oxygen atoms in total. The number of hydrogen-bond acceptors (Lipinski definition) is 6. The molecule has 2 aliphatic rings. The van der Waals surface area contributed by atoms with Crippen molar-refractivity contribution in [2.45, 2.75) is 32.4 Å². The molecule has 0 radical (unpaired) electrons. The number of carbonyl (C=O) groups is 2. The maximum Gasteiger partial charge on any atom is 0.270 e. The maximum absolute atomic E-state index is 13.7. The Balaban J connectivity index is 1.29. The molecule has 0 aliphatic carbocycles. The Labute approximate surface area is 220 Å². The maximum atomic E-state index is 13.7. The number of rotatable bonds is 5. The summed E-state index contributed by atoms with van der Waals surface area (Å²) in [5.74, 6) is -0.177. The van der Waals surface area contributed by atoms with E-state index in [-0.39, 0.29) is 29.6 Å². The summed E-state index contributed by atoms with van der Waals surface area (Å²) in [6.45, 7) is 6.60. The molecule has 0 bridgehead atoms. The topological polar surface area (TPSA) is 87.0 Å². The molecule has 5 rings (SSSR count). The number of nitro benzene ring substituents is 1. The van der Waals surface area contributed by atoms with Crippen LogP contribution in [0.15, 0.2) is 60.0 Å².